The summed E-state index contributed by atoms with van der Waals surface area (Å²) in [6, 6.07) is 92.4. The molecule has 0 fully saturated rings. The first-order chi connectivity index (χ1) is 47.1. The zero-order valence-electron chi connectivity index (χ0n) is 51.6. The summed E-state index contributed by atoms with van der Waals surface area (Å²) in [5.41, 5.74) is 16.1. The van der Waals surface area contributed by atoms with E-state index in [1.165, 1.54) is 43.8 Å². The van der Waals surface area contributed by atoms with Crippen LogP contribution in [0.15, 0.2) is 319 Å². The number of nitriles is 1. The molecule has 2 aromatic heterocycles. The predicted octanol–water partition coefficient (Wildman–Crippen LogP) is 23.1. The maximum Gasteiger partial charge on any atom is 0.159 e. The topological polar surface area (TPSA) is 63.0 Å². The standard InChI is InChI=1S/C88H57N5O2/c89-54-61-30-21-40-72-83-82-73(53-77(87(83)94-85(61)72)90-45-19-4-20-46-90)75(93(64-32-9-3-10-33-64)84-69-38-17-15-36-67(69)80(68-37-16-18-39-70(68)84)79-65-34-13-11-28-59(65)50-60-29-12-14-35-66(60)79)51-63-52-76(92-47-23-31-62(55-92)57-26-7-2-8-27-57)81-71-41-22-42-74(86(71)95-88(81)78(63)82)91-48-43-58(44-49-91)56-24-5-1-6-25-56/h1-45,48,50-53,55H,46-47,49H2. The van der Waals surface area contributed by atoms with Crippen molar-refractivity contribution in [2.45, 2.75) is 0 Å². The Morgan fingerprint density at radius 2 is 0.958 bits per heavy atom. The third kappa shape index (κ3) is 8.51. The minimum Gasteiger partial charge on any atom is -0.453 e. The van der Waals surface area contributed by atoms with Crippen LogP contribution in [0.3, 0.4) is 0 Å². The minimum atomic E-state index is 0.467. The molecule has 0 unspecified atom stereocenters. The van der Waals surface area contributed by atoms with Gasteiger partial charge >= 0.3 is 0 Å². The van der Waals surface area contributed by atoms with Crippen LogP contribution in [0.5, 0.6) is 0 Å². The van der Waals surface area contributed by atoms with Crippen molar-refractivity contribution in [1.29, 1.82) is 5.26 Å². The zero-order valence-corrected chi connectivity index (χ0v) is 51.6. The quantitative estimate of drug-likeness (QED) is 0.105. The fourth-order valence-electron chi connectivity index (χ4n) is 15.5. The van der Waals surface area contributed by atoms with Crippen LogP contribution in [0.4, 0.5) is 34.1 Å². The number of hydrogen-bond acceptors (Lipinski definition) is 7. The average Bonchev–Trinajstić information content (AvgIpc) is 1.56. The number of hydrogen-bond donors (Lipinski definition) is 0. The molecule has 5 heterocycles. The van der Waals surface area contributed by atoms with Gasteiger partial charge in [-0.2, -0.15) is 5.26 Å². The lowest BCUT2D eigenvalue weighted by atomic mass is 9.85. The maximum atomic E-state index is 11.0. The third-order valence-electron chi connectivity index (χ3n) is 19.6. The summed E-state index contributed by atoms with van der Waals surface area (Å²) in [7, 11) is 0. The molecule has 3 aliphatic heterocycles. The molecule has 446 valence electrons. The molecular weight excluding hydrogens is 1160 g/mol. The lowest BCUT2D eigenvalue weighted by molar-refractivity contribution is 0.667. The van der Waals surface area contributed by atoms with Gasteiger partial charge in [-0.25, -0.2) is 0 Å². The highest BCUT2D eigenvalue weighted by molar-refractivity contribution is 6.38. The Balaban J connectivity index is 0.981. The minimum absolute atomic E-state index is 0.467. The summed E-state index contributed by atoms with van der Waals surface area (Å²) < 4.78 is 15.1. The van der Waals surface area contributed by atoms with Gasteiger partial charge in [0.05, 0.1) is 39.4 Å². The van der Waals surface area contributed by atoms with Crippen molar-refractivity contribution in [3.63, 3.8) is 0 Å². The predicted molar refractivity (Wildman–Crippen MR) is 398 cm³/mol. The highest BCUT2D eigenvalue weighted by Gasteiger charge is 2.32. The average molecular weight is 1220 g/mol. The van der Waals surface area contributed by atoms with E-state index in [0.29, 0.717) is 36.4 Å². The molecule has 0 bridgehead atoms. The second-order valence-corrected chi connectivity index (χ2v) is 24.9. The van der Waals surface area contributed by atoms with Crippen molar-refractivity contribution in [3.8, 4) is 17.2 Å². The molecule has 0 saturated carbocycles. The zero-order chi connectivity index (χ0) is 62.7. The van der Waals surface area contributed by atoms with Gasteiger partial charge in [-0.1, -0.05) is 231 Å². The molecule has 14 aromatic carbocycles. The van der Waals surface area contributed by atoms with Crippen LogP contribution in [0.1, 0.15) is 16.7 Å². The maximum absolute atomic E-state index is 11.0. The number of para-hydroxylation sites is 3. The van der Waals surface area contributed by atoms with E-state index >= 15 is 0 Å². The highest BCUT2D eigenvalue weighted by Crippen LogP contribution is 2.57. The Hall–Kier alpha value is -12.6. The van der Waals surface area contributed by atoms with Crippen molar-refractivity contribution in [2.24, 2.45) is 0 Å². The van der Waals surface area contributed by atoms with Gasteiger partial charge in [0.1, 0.15) is 11.7 Å². The van der Waals surface area contributed by atoms with E-state index < -0.39 is 0 Å². The van der Waals surface area contributed by atoms with Gasteiger partial charge in [0.15, 0.2) is 16.7 Å². The summed E-state index contributed by atoms with van der Waals surface area (Å²) in [5, 5.41) is 27.9. The molecule has 0 aliphatic carbocycles. The molecule has 95 heavy (non-hydrogen) atoms. The van der Waals surface area contributed by atoms with Crippen molar-refractivity contribution in [2.75, 3.05) is 39.2 Å². The second kappa shape index (κ2) is 21.8. The van der Waals surface area contributed by atoms with E-state index in [2.05, 4.69) is 323 Å². The van der Waals surface area contributed by atoms with Crippen LogP contribution in [-0.4, -0.2) is 19.6 Å². The van der Waals surface area contributed by atoms with Crippen LogP contribution in [0.2, 0.25) is 0 Å². The molecule has 0 spiro atoms. The molecule has 0 amide bonds. The number of anilines is 6. The number of benzene rings is 14. The molecule has 7 nitrogen and oxygen atoms in total. The fraction of sp³-hybridized carbons (Fsp3) is 0.0341. The van der Waals surface area contributed by atoms with Gasteiger partial charge in [-0.15, -0.1) is 0 Å². The summed E-state index contributed by atoms with van der Waals surface area (Å²) in [4.78, 5) is 9.49. The monoisotopic (exact) mass is 1220 g/mol. The van der Waals surface area contributed by atoms with Crippen LogP contribution < -0.4 is 19.6 Å². The Kier molecular flexibility index (Phi) is 12.4. The van der Waals surface area contributed by atoms with E-state index in [0.717, 1.165) is 121 Å². The number of furan rings is 2. The van der Waals surface area contributed by atoms with E-state index in [-0.39, 0.29) is 0 Å². The number of nitrogens with zero attached hydrogens (tertiary/aromatic N) is 5. The van der Waals surface area contributed by atoms with Gasteiger partial charge in [0, 0.05) is 87.0 Å². The lowest BCUT2D eigenvalue weighted by Gasteiger charge is -2.32. The molecule has 19 rings (SSSR count). The Morgan fingerprint density at radius 3 is 1.63 bits per heavy atom. The molecule has 0 N–H and O–H groups in total. The van der Waals surface area contributed by atoms with Gasteiger partial charge in [0.25, 0.3) is 0 Å². The second-order valence-electron chi connectivity index (χ2n) is 24.9. The van der Waals surface area contributed by atoms with Gasteiger partial charge in [-0.3, -0.25) is 0 Å². The molecule has 3 aliphatic rings. The van der Waals surface area contributed by atoms with Crippen molar-refractivity contribution in [3.05, 3.63) is 327 Å². The number of rotatable bonds is 9. The van der Waals surface area contributed by atoms with E-state index in [9.17, 15) is 5.26 Å². The van der Waals surface area contributed by atoms with E-state index in [4.69, 9.17) is 8.83 Å². The Labute approximate surface area is 547 Å². The Morgan fingerprint density at radius 1 is 0.368 bits per heavy atom. The largest absolute Gasteiger partial charge is 0.453 e. The van der Waals surface area contributed by atoms with Crippen molar-refractivity contribution in [1.82, 2.24) is 0 Å². The fourth-order valence-corrected chi connectivity index (χ4v) is 15.5. The number of fused-ring (bicyclic) bond motifs is 15. The van der Waals surface area contributed by atoms with Crippen molar-refractivity contribution < 1.29 is 8.83 Å². The van der Waals surface area contributed by atoms with Gasteiger partial charge in [-0.05, 0) is 132 Å². The SMILES string of the molecule is N#Cc1cccc2c1oc1c(N3C=CC=CC3)cc3c(N(c4ccccc4)c4c5ccccc5c(-c5c6ccccc6cc6ccccc56)c5ccccc45)cc4cc(N5C=C(c6ccccc6)C=CC5)c5c6cccc(N7C=CC(c8ccccc8)=CC7)c6oc5c4c3c12. The first-order valence-electron chi connectivity index (χ1n) is 32.5. The van der Waals surface area contributed by atoms with Crippen molar-refractivity contribution >= 4 is 154 Å². The molecule has 0 saturated heterocycles. The van der Waals surface area contributed by atoms with Gasteiger partial charge in [0.2, 0.25) is 0 Å². The third-order valence-corrected chi connectivity index (χ3v) is 19.6. The smallest absolute Gasteiger partial charge is 0.159 e. The van der Waals surface area contributed by atoms with Crippen LogP contribution in [0, 0.1) is 11.3 Å². The van der Waals surface area contributed by atoms with Crippen LogP contribution in [0.25, 0.3) is 131 Å². The molecular formula is C88H57N5O2. The summed E-state index contributed by atoms with van der Waals surface area (Å²) in [6.45, 7) is 1.90. The normalized spacial score (nSPS) is 14.1. The lowest BCUT2D eigenvalue weighted by Crippen LogP contribution is -2.19. The Bertz CT molecular complexity index is 6050. The molecule has 7 heteroatoms. The summed E-state index contributed by atoms with van der Waals surface area (Å²) in [5.74, 6) is 0. The summed E-state index contributed by atoms with van der Waals surface area (Å²) in [6.07, 6.45) is 22.0. The van der Waals surface area contributed by atoms with Crippen LogP contribution >= 0.6 is 0 Å². The molecule has 16 aromatic rings. The first kappa shape index (κ1) is 54.1. The van der Waals surface area contributed by atoms with Gasteiger partial charge < -0.3 is 28.4 Å². The summed E-state index contributed by atoms with van der Waals surface area (Å²) >= 11 is 0. The van der Waals surface area contributed by atoms with E-state index in [1.54, 1.807) is 0 Å². The first-order valence-corrected chi connectivity index (χ1v) is 32.5. The van der Waals surface area contributed by atoms with Crippen LogP contribution in [-0.2, 0) is 0 Å². The van der Waals surface area contributed by atoms with E-state index in [1.807, 2.05) is 12.1 Å². The number of allylic oxidation sites excluding steroid dienone is 6. The molecule has 0 radical (unpaired) electrons. The molecule has 0 atom stereocenters. The highest BCUT2D eigenvalue weighted by atomic mass is 16.3.